The van der Waals surface area contributed by atoms with Crippen LogP contribution in [0.25, 0.3) is 0 Å². The van der Waals surface area contributed by atoms with Crippen LogP contribution in [0.5, 0.6) is 0 Å². The van der Waals surface area contributed by atoms with Gasteiger partial charge >= 0.3 is 0 Å². The van der Waals surface area contributed by atoms with E-state index >= 15 is 0 Å². The topological polar surface area (TPSA) is 61.4 Å². The smallest absolute Gasteiger partial charge is 0.246 e. The van der Waals surface area contributed by atoms with Crippen LogP contribution in [0.3, 0.4) is 0 Å². The van der Waals surface area contributed by atoms with Gasteiger partial charge in [-0.2, -0.15) is 0 Å². The van der Waals surface area contributed by atoms with E-state index in [4.69, 9.17) is 0 Å². The molecule has 0 radical (unpaired) electrons. The fourth-order valence-electron chi connectivity index (χ4n) is 3.38. The Hall–Kier alpha value is -3.58. The Balaban J connectivity index is 1.82. The molecule has 1 atom stereocenters. The van der Waals surface area contributed by atoms with Crippen molar-refractivity contribution in [2.45, 2.75) is 19.9 Å². The Bertz CT molecular complexity index is 1050. The van der Waals surface area contributed by atoms with Crippen molar-refractivity contribution in [3.63, 3.8) is 0 Å². The molecule has 2 amide bonds. The predicted octanol–water partition coefficient (Wildman–Crippen LogP) is 4.91. The summed E-state index contributed by atoms with van der Waals surface area (Å²) in [6, 6.07) is 19.0. The van der Waals surface area contributed by atoms with Crippen molar-refractivity contribution in [1.82, 2.24) is 4.90 Å². The monoisotopic (exact) mass is 437 g/mol. The van der Waals surface area contributed by atoms with Gasteiger partial charge in [-0.25, -0.2) is 8.78 Å². The second-order valence-electron chi connectivity index (χ2n) is 7.38. The summed E-state index contributed by atoms with van der Waals surface area (Å²) in [5.74, 6) is -2.66. The van der Waals surface area contributed by atoms with Gasteiger partial charge in [-0.05, 0) is 43.3 Å². The van der Waals surface area contributed by atoms with E-state index in [2.05, 4.69) is 10.6 Å². The van der Waals surface area contributed by atoms with Gasteiger partial charge in [0.1, 0.15) is 23.4 Å². The first-order chi connectivity index (χ1) is 15.4. The minimum Gasteiger partial charge on any atom is -0.324 e. The summed E-state index contributed by atoms with van der Waals surface area (Å²) in [4.78, 5) is 27.5. The number of anilines is 2. The van der Waals surface area contributed by atoms with Crippen molar-refractivity contribution in [3.05, 3.63) is 95.6 Å². The van der Waals surface area contributed by atoms with Gasteiger partial charge in [0.25, 0.3) is 0 Å². The molecule has 0 saturated heterocycles. The largest absolute Gasteiger partial charge is 0.324 e. The van der Waals surface area contributed by atoms with Crippen molar-refractivity contribution >= 4 is 23.2 Å². The first-order valence-electron chi connectivity index (χ1n) is 10.3. The van der Waals surface area contributed by atoms with Gasteiger partial charge in [0, 0.05) is 5.69 Å². The van der Waals surface area contributed by atoms with Crippen molar-refractivity contribution in [2.75, 3.05) is 23.7 Å². The number of benzene rings is 3. The highest BCUT2D eigenvalue weighted by atomic mass is 19.1. The number of para-hydroxylation sites is 1. The van der Waals surface area contributed by atoms with Gasteiger partial charge in [-0.3, -0.25) is 14.5 Å². The van der Waals surface area contributed by atoms with Crippen LogP contribution in [0.4, 0.5) is 20.2 Å². The highest BCUT2D eigenvalue weighted by Gasteiger charge is 2.28. The predicted molar refractivity (Wildman–Crippen MR) is 121 cm³/mol. The first-order valence-corrected chi connectivity index (χ1v) is 10.3. The fourth-order valence-corrected chi connectivity index (χ4v) is 3.38. The lowest BCUT2D eigenvalue weighted by atomic mass is 10.0. The lowest BCUT2D eigenvalue weighted by molar-refractivity contribution is -0.123. The molecular formula is C25H25F2N3O2. The van der Waals surface area contributed by atoms with Crippen LogP contribution < -0.4 is 10.6 Å². The quantitative estimate of drug-likeness (QED) is 0.526. The molecule has 3 rings (SSSR count). The zero-order chi connectivity index (χ0) is 23.1. The number of hydrogen-bond donors (Lipinski definition) is 2. The summed E-state index contributed by atoms with van der Waals surface area (Å²) in [5, 5.41) is 5.17. The van der Waals surface area contributed by atoms with E-state index in [1.54, 1.807) is 29.2 Å². The number of aryl methyl sites for hydroxylation is 1. The lowest BCUT2D eigenvalue weighted by Crippen LogP contribution is -2.41. The fraction of sp³-hybridized carbons (Fsp3) is 0.200. The van der Waals surface area contributed by atoms with E-state index in [0.29, 0.717) is 17.8 Å². The van der Waals surface area contributed by atoms with Crippen molar-refractivity contribution in [1.29, 1.82) is 0 Å². The van der Waals surface area contributed by atoms with Gasteiger partial charge < -0.3 is 10.6 Å². The minimum absolute atomic E-state index is 0.231. The number of amides is 2. The Kier molecular flexibility index (Phi) is 7.68. The Morgan fingerprint density at radius 3 is 2.09 bits per heavy atom. The van der Waals surface area contributed by atoms with Crippen LogP contribution in [0.2, 0.25) is 0 Å². The highest BCUT2D eigenvalue weighted by Crippen LogP contribution is 2.24. The number of carbonyl (C=O) groups is 2. The van der Waals surface area contributed by atoms with Gasteiger partial charge in [0.2, 0.25) is 11.8 Å². The number of rotatable bonds is 8. The molecule has 3 aromatic rings. The van der Waals surface area contributed by atoms with Crippen LogP contribution >= 0.6 is 0 Å². The molecule has 0 aliphatic carbocycles. The van der Waals surface area contributed by atoms with Crippen LogP contribution in [0.1, 0.15) is 24.1 Å². The van der Waals surface area contributed by atoms with Gasteiger partial charge in [0.15, 0.2) is 0 Å². The molecule has 0 bridgehead atoms. The molecule has 0 spiro atoms. The summed E-state index contributed by atoms with van der Waals surface area (Å²) in [5.41, 5.74) is 1.89. The van der Waals surface area contributed by atoms with E-state index in [1.807, 2.05) is 44.2 Å². The number of carbonyl (C=O) groups excluding carboxylic acids is 2. The molecule has 0 aliphatic rings. The molecule has 5 nitrogen and oxygen atoms in total. The Labute approximate surface area is 186 Å². The van der Waals surface area contributed by atoms with Crippen LogP contribution in [0, 0.1) is 18.6 Å². The molecule has 0 aliphatic heterocycles. The summed E-state index contributed by atoms with van der Waals surface area (Å²) in [6.07, 6.45) is 0. The lowest BCUT2D eigenvalue weighted by Gasteiger charge is -2.29. The van der Waals surface area contributed by atoms with Gasteiger partial charge in [-0.15, -0.1) is 0 Å². The molecule has 0 heterocycles. The maximum atomic E-state index is 13.9. The third-order valence-corrected chi connectivity index (χ3v) is 5.03. The maximum absolute atomic E-state index is 13.9. The number of nitrogens with one attached hydrogen (secondary N) is 2. The van der Waals surface area contributed by atoms with Crippen LogP contribution in [-0.4, -0.2) is 29.8 Å². The molecule has 7 heteroatoms. The van der Waals surface area contributed by atoms with E-state index in [0.717, 1.165) is 17.7 Å². The Morgan fingerprint density at radius 1 is 0.875 bits per heavy atom. The van der Waals surface area contributed by atoms with E-state index in [9.17, 15) is 18.4 Å². The molecule has 2 N–H and O–H groups in total. The average Bonchev–Trinajstić information content (AvgIpc) is 2.78. The molecule has 0 aromatic heterocycles. The van der Waals surface area contributed by atoms with Crippen molar-refractivity contribution in [3.8, 4) is 0 Å². The molecule has 166 valence electrons. The summed E-state index contributed by atoms with van der Waals surface area (Å²) < 4.78 is 27.8. The minimum atomic E-state index is -0.863. The molecule has 3 aromatic carbocycles. The summed E-state index contributed by atoms with van der Waals surface area (Å²) >= 11 is 0. The van der Waals surface area contributed by atoms with Crippen LogP contribution in [-0.2, 0) is 9.59 Å². The van der Waals surface area contributed by atoms with Crippen LogP contribution in [0.15, 0.2) is 72.8 Å². The van der Waals surface area contributed by atoms with Gasteiger partial charge in [-0.1, -0.05) is 61.0 Å². The summed E-state index contributed by atoms with van der Waals surface area (Å²) in [6.45, 7) is 3.89. The third-order valence-electron chi connectivity index (χ3n) is 5.03. The zero-order valence-electron chi connectivity index (χ0n) is 17.9. The first kappa shape index (κ1) is 23.1. The second-order valence-corrected chi connectivity index (χ2v) is 7.38. The van der Waals surface area contributed by atoms with Gasteiger partial charge in [0.05, 0.1) is 6.54 Å². The normalized spacial score (nSPS) is 11.8. The molecule has 0 fully saturated rings. The standard InChI is InChI=1S/C25H25F2N3O2/c1-3-30(16-22(31)29-23-20(26)10-7-11-21(23)27)24(18-8-5-4-6-9-18)25(32)28-19-14-12-17(2)13-15-19/h4-15,24H,3,16H2,1-2H3,(H,28,32)(H,29,31). The number of hydrogen-bond acceptors (Lipinski definition) is 3. The number of likely N-dealkylation sites (N-methyl/N-ethyl adjacent to an activating group) is 1. The highest BCUT2D eigenvalue weighted by molar-refractivity contribution is 5.97. The van der Waals surface area contributed by atoms with Crippen molar-refractivity contribution in [2.24, 2.45) is 0 Å². The molecule has 1 unspecified atom stereocenters. The Morgan fingerprint density at radius 2 is 1.50 bits per heavy atom. The zero-order valence-corrected chi connectivity index (χ0v) is 17.9. The van der Waals surface area contributed by atoms with E-state index in [-0.39, 0.29) is 12.5 Å². The maximum Gasteiger partial charge on any atom is 0.246 e. The molecule has 0 saturated carbocycles. The average molecular weight is 437 g/mol. The van der Waals surface area contributed by atoms with E-state index in [1.165, 1.54) is 6.07 Å². The van der Waals surface area contributed by atoms with Crippen molar-refractivity contribution < 1.29 is 18.4 Å². The third kappa shape index (κ3) is 5.76. The molecular weight excluding hydrogens is 412 g/mol. The molecule has 32 heavy (non-hydrogen) atoms. The second kappa shape index (κ2) is 10.6. The number of nitrogens with zero attached hydrogens (tertiary/aromatic N) is 1. The number of halogens is 2. The summed E-state index contributed by atoms with van der Waals surface area (Å²) in [7, 11) is 0. The van der Waals surface area contributed by atoms with E-state index < -0.39 is 29.3 Å². The SMILES string of the molecule is CCN(CC(=O)Nc1c(F)cccc1F)C(C(=O)Nc1ccc(C)cc1)c1ccccc1.